The van der Waals surface area contributed by atoms with Crippen molar-refractivity contribution in [1.29, 1.82) is 0 Å². The minimum absolute atomic E-state index is 0.145. The fraction of sp³-hybridized carbons (Fsp3) is 0.371. The van der Waals surface area contributed by atoms with Gasteiger partial charge in [-0.25, -0.2) is 0 Å². The summed E-state index contributed by atoms with van der Waals surface area (Å²) in [5.74, 6) is 3.02. The monoisotopic (exact) mass is 599 g/mol. The van der Waals surface area contributed by atoms with Crippen molar-refractivity contribution in [2.45, 2.75) is 46.6 Å². The Morgan fingerprint density at radius 3 is 2.34 bits per heavy atom. The van der Waals surface area contributed by atoms with Crippen molar-refractivity contribution in [1.82, 2.24) is 15.1 Å². The van der Waals surface area contributed by atoms with Crippen LogP contribution < -0.4 is 18.9 Å². The number of aromatic amines is 1. The number of methoxy groups -OCH3 is 3. The van der Waals surface area contributed by atoms with E-state index in [2.05, 4.69) is 24.0 Å². The summed E-state index contributed by atoms with van der Waals surface area (Å²) < 4.78 is 22.7. The molecule has 0 aliphatic carbocycles. The molecule has 44 heavy (non-hydrogen) atoms. The predicted octanol–water partition coefficient (Wildman–Crippen LogP) is 6.64. The van der Waals surface area contributed by atoms with E-state index in [1.54, 1.807) is 21.3 Å². The molecule has 5 rings (SSSR count). The summed E-state index contributed by atoms with van der Waals surface area (Å²) in [7, 11) is 4.83. The fourth-order valence-electron chi connectivity index (χ4n) is 5.78. The standard InChI is InChI=1S/C35H41N3O6/c1-20(2)13-15-44-27-11-9-24(19-29(27)43-7)33-30-31(25-17-21(3)16-22(4)34(25)39)36-37-32(30)35(40)38(33)14-12-23-8-10-26(41-5)28(18-23)42-6/h8-11,16-20,33,39H,12-15H2,1-7H3,(H,36,37). The van der Waals surface area contributed by atoms with Gasteiger partial charge in [-0.1, -0.05) is 32.0 Å². The highest BCUT2D eigenvalue weighted by atomic mass is 16.5. The summed E-state index contributed by atoms with van der Waals surface area (Å²) in [6, 6.07) is 14.9. The first-order valence-corrected chi connectivity index (χ1v) is 14.9. The SMILES string of the molecule is COc1ccc(CCN2C(=O)c3[nH]nc(-c4cc(C)cc(C)c4O)c3C2c2ccc(OCCC(C)C)c(OC)c2)cc1OC. The molecule has 0 spiro atoms. The van der Waals surface area contributed by atoms with E-state index < -0.39 is 6.04 Å². The first kappa shape index (κ1) is 30.8. The third kappa shape index (κ3) is 5.91. The number of aromatic hydroxyl groups is 1. The van der Waals surface area contributed by atoms with E-state index in [0.717, 1.165) is 34.2 Å². The highest BCUT2D eigenvalue weighted by molar-refractivity contribution is 6.00. The first-order valence-electron chi connectivity index (χ1n) is 14.9. The molecule has 2 heterocycles. The summed E-state index contributed by atoms with van der Waals surface area (Å²) in [6.07, 6.45) is 1.51. The molecular weight excluding hydrogens is 558 g/mol. The minimum atomic E-state index is -0.481. The van der Waals surface area contributed by atoms with Crippen molar-refractivity contribution in [3.63, 3.8) is 0 Å². The topological polar surface area (TPSA) is 106 Å². The number of H-pyrrole nitrogens is 1. The number of hydrogen-bond acceptors (Lipinski definition) is 7. The van der Waals surface area contributed by atoms with Gasteiger partial charge in [0.05, 0.1) is 34.0 Å². The maximum absolute atomic E-state index is 14.0. The Morgan fingerprint density at radius 2 is 1.64 bits per heavy atom. The lowest BCUT2D eigenvalue weighted by atomic mass is 9.93. The molecule has 0 fully saturated rings. The Bertz CT molecular complexity index is 1660. The van der Waals surface area contributed by atoms with Crippen molar-refractivity contribution in [3.05, 3.63) is 82.0 Å². The molecule has 1 unspecified atom stereocenters. The van der Waals surface area contributed by atoms with E-state index in [-0.39, 0.29) is 11.7 Å². The van der Waals surface area contributed by atoms with Crippen LogP contribution in [-0.4, -0.2) is 60.6 Å². The molecule has 4 aromatic rings. The second-order valence-corrected chi connectivity index (χ2v) is 11.6. The lowest BCUT2D eigenvalue weighted by Crippen LogP contribution is -2.31. The molecule has 1 atom stereocenters. The molecule has 0 radical (unpaired) electrons. The zero-order valence-corrected chi connectivity index (χ0v) is 26.5. The number of carbonyl (C=O) groups excluding carboxylic acids is 1. The van der Waals surface area contributed by atoms with Crippen LogP contribution in [0.3, 0.4) is 0 Å². The van der Waals surface area contributed by atoms with Gasteiger partial charge in [0.1, 0.15) is 17.1 Å². The molecule has 0 saturated heterocycles. The lowest BCUT2D eigenvalue weighted by Gasteiger charge is -2.27. The Balaban J connectivity index is 1.57. The van der Waals surface area contributed by atoms with Gasteiger partial charge in [-0.05, 0) is 85.2 Å². The zero-order valence-electron chi connectivity index (χ0n) is 26.5. The van der Waals surface area contributed by atoms with Crippen LogP contribution in [-0.2, 0) is 6.42 Å². The zero-order chi connectivity index (χ0) is 31.5. The number of hydrogen-bond donors (Lipinski definition) is 2. The molecular formula is C35H41N3O6. The van der Waals surface area contributed by atoms with Gasteiger partial charge in [0.15, 0.2) is 23.0 Å². The fourth-order valence-corrected chi connectivity index (χ4v) is 5.78. The molecule has 2 N–H and O–H groups in total. The second kappa shape index (κ2) is 12.9. The smallest absolute Gasteiger partial charge is 0.273 e. The molecule has 9 heteroatoms. The molecule has 1 aliphatic rings. The number of amides is 1. The predicted molar refractivity (Wildman–Crippen MR) is 169 cm³/mol. The van der Waals surface area contributed by atoms with Crippen LogP contribution in [0.5, 0.6) is 28.7 Å². The van der Waals surface area contributed by atoms with Gasteiger partial charge in [0.2, 0.25) is 0 Å². The Hall–Kier alpha value is -4.66. The van der Waals surface area contributed by atoms with Gasteiger partial charge in [0.25, 0.3) is 5.91 Å². The maximum atomic E-state index is 14.0. The largest absolute Gasteiger partial charge is 0.507 e. The molecule has 1 amide bonds. The number of phenolic OH excluding ortho intramolecular Hbond substituents is 1. The summed E-state index contributed by atoms with van der Waals surface area (Å²) in [6.45, 7) is 9.16. The first-order chi connectivity index (χ1) is 21.2. The molecule has 232 valence electrons. The number of rotatable bonds is 12. The van der Waals surface area contributed by atoms with Gasteiger partial charge in [-0.2, -0.15) is 5.10 Å². The van der Waals surface area contributed by atoms with E-state index in [0.29, 0.717) is 65.4 Å². The molecule has 0 bridgehead atoms. The van der Waals surface area contributed by atoms with Crippen LogP contribution in [0.1, 0.15) is 64.6 Å². The van der Waals surface area contributed by atoms with Crippen LogP contribution in [0.2, 0.25) is 0 Å². The lowest BCUT2D eigenvalue weighted by molar-refractivity contribution is 0.0745. The normalized spacial score (nSPS) is 14.2. The molecule has 0 saturated carbocycles. The number of aromatic nitrogens is 2. The van der Waals surface area contributed by atoms with E-state index in [4.69, 9.17) is 18.9 Å². The van der Waals surface area contributed by atoms with Gasteiger partial charge in [0, 0.05) is 17.7 Å². The van der Waals surface area contributed by atoms with Gasteiger partial charge < -0.3 is 29.0 Å². The molecule has 3 aromatic carbocycles. The second-order valence-electron chi connectivity index (χ2n) is 11.6. The number of carbonyl (C=O) groups is 1. The quantitative estimate of drug-likeness (QED) is 0.188. The number of aryl methyl sites for hydroxylation is 2. The number of fused-ring (bicyclic) bond motifs is 1. The van der Waals surface area contributed by atoms with Crippen molar-refractivity contribution < 1.29 is 28.8 Å². The Labute approximate surface area is 258 Å². The van der Waals surface area contributed by atoms with Gasteiger partial charge >= 0.3 is 0 Å². The molecule has 1 aromatic heterocycles. The van der Waals surface area contributed by atoms with Crippen molar-refractivity contribution in [3.8, 4) is 40.0 Å². The number of nitrogens with zero attached hydrogens (tertiary/aromatic N) is 2. The average molecular weight is 600 g/mol. The summed E-state index contributed by atoms with van der Waals surface area (Å²) >= 11 is 0. The van der Waals surface area contributed by atoms with E-state index >= 15 is 0 Å². The van der Waals surface area contributed by atoms with E-state index in [1.165, 1.54) is 0 Å². The summed E-state index contributed by atoms with van der Waals surface area (Å²) in [5, 5.41) is 18.7. The van der Waals surface area contributed by atoms with Crippen molar-refractivity contribution in [2.24, 2.45) is 5.92 Å². The van der Waals surface area contributed by atoms with Crippen LogP contribution in [0.15, 0.2) is 48.5 Å². The van der Waals surface area contributed by atoms with Crippen molar-refractivity contribution in [2.75, 3.05) is 34.5 Å². The Kier molecular flexibility index (Phi) is 9.04. The molecule has 1 aliphatic heterocycles. The third-order valence-corrected chi connectivity index (χ3v) is 8.11. The number of nitrogens with one attached hydrogen (secondary N) is 1. The maximum Gasteiger partial charge on any atom is 0.273 e. The third-order valence-electron chi connectivity index (χ3n) is 8.11. The van der Waals surface area contributed by atoms with E-state index in [1.807, 2.05) is 67.3 Å². The number of benzene rings is 3. The Morgan fingerprint density at radius 1 is 0.932 bits per heavy atom. The summed E-state index contributed by atoms with van der Waals surface area (Å²) in [4.78, 5) is 15.9. The highest BCUT2D eigenvalue weighted by Crippen LogP contribution is 2.46. The van der Waals surface area contributed by atoms with Gasteiger partial charge in [-0.3, -0.25) is 9.89 Å². The minimum Gasteiger partial charge on any atom is -0.507 e. The van der Waals surface area contributed by atoms with Crippen molar-refractivity contribution >= 4 is 5.91 Å². The summed E-state index contributed by atoms with van der Waals surface area (Å²) in [5.41, 5.74) is 5.85. The number of phenols is 1. The van der Waals surface area contributed by atoms with Crippen LogP contribution in [0.4, 0.5) is 0 Å². The highest BCUT2D eigenvalue weighted by Gasteiger charge is 2.42. The van der Waals surface area contributed by atoms with Gasteiger partial charge in [-0.15, -0.1) is 0 Å². The van der Waals surface area contributed by atoms with Crippen LogP contribution in [0.25, 0.3) is 11.3 Å². The molecule has 9 nitrogen and oxygen atoms in total. The van der Waals surface area contributed by atoms with Crippen LogP contribution in [0, 0.1) is 19.8 Å². The van der Waals surface area contributed by atoms with E-state index in [9.17, 15) is 9.90 Å². The van der Waals surface area contributed by atoms with Crippen LogP contribution >= 0.6 is 0 Å². The number of ether oxygens (including phenoxy) is 4. The average Bonchev–Trinajstić information content (AvgIpc) is 3.56.